The summed E-state index contributed by atoms with van der Waals surface area (Å²) in [7, 11) is 3.79. The van der Waals surface area contributed by atoms with Gasteiger partial charge in [0.15, 0.2) is 0 Å². The smallest absolute Gasteiger partial charge is 0.0825 e. The van der Waals surface area contributed by atoms with E-state index in [4.69, 9.17) is 4.74 Å². The summed E-state index contributed by atoms with van der Waals surface area (Å²) >= 11 is 0. The zero-order valence-corrected chi connectivity index (χ0v) is 11.7. The fourth-order valence-electron chi connectivity index (χ4n) is 2.62. The van der Waals surface area contributed by atoms with Crippen LogP contribution in [0.15, 0.2) is 24.3 Å². The van der Waals surface area contributed by atoms with Gasteiger partial charge in [0, 0.05) is 32.4 Å². The highest BCUT2D eigenvalue weighted by Gasteiger charge is 2.30. The number of piperidine rings is 1. The number of methoxy groups -OCH3 is 1. The summed E-state index contributed by atoms with van der Waals surface area (Å²) in [4.78, 5) is 2.43. The van der Waals surface area contributed by atoms with Crippen molar-refractivity contribution in [1.29, 1.82) is 0 Å². The van der Waals surface area contributed by atoms with Gasteiger partial charge in [-0.25, -0.2) is 0 Å². The highest BCUT2D eigenvalue weighted by Crippen LogP contribution is 2.28. The van der Waals surface area contributed by atoms with E-state index < -0.39 is 0 Å². The Kier molecular flexibility index (Phi) is 4.25. The molecule has 100 valence electrons. The third-order valence-electron chi connectivity index (χ3n) is 3.83. The normalized spacial score (nSPS) is 24.3. The molecule has 0 aromatic heterocycles. The molecule has 1 aromatic carbocycles. The van der Waals surface area contributed by atoms with Crippen LogP contribution in [0.2, 0.25) is 0 Å². The van der Waals surface area contributed by atoms with Gasteiger partial charge < -0.3 is 15.0 Å². The lowest BCUT2D eigenvalue weighted by Gasteiger charge is -2.40. The van der Waals surface area contributed by atoms with Gasteiger partial charge in [0.25, 0.3) is 0 Å². The number of ether oxygens (including phenoxy) is 1. The molecule has 1 atom stereocenters. The maximum Gasteiger partial charge on any atom is 0.0825 e. The molecule has 1 aliphatic heterocycles. The third-order valence-corrected chi connectivity index (χ3v) is 3.83. The first kappa shape index (κ1) is 13.4. The van der Waals surface area contributed by atoms with Crippen LogP contribution in [-0.4, -0.2) is 32.8 Å². The molecule has 3 nitrogen and oxygen atoms in total. The van der Waals surface area contributed by atoms with Gasteiger partial charge in [-0.15, -0.1) is 0 Å². The fourth-order valence-corrected chi connectivity index (χ4v) is 2.62. The molecule has 18 heavy (non-hydrogen) atoms. The quantitative estimate of drug-likeness (QED) is 0.885. The van der Waals surface area contributed by atoms with E-state index in [1.54, 1.807) is 0 Å². The first-order valence-corrected chi connectivity index (χ1v) is 6.70. The topological polar surface area (TPSA) is 24.5 Å². The monoisotopic (exact) mass is 248 g/mol. The van der Waals surface area contributed by atoms with E-state index in [1.165, 1.54) is 17.7 Å². The van der Waals surface area contributed by atoms with Gasteiger partial charge in [0.1, 0.15) is 0 Å². The van der Waals surface area contributed by atoms with E-state index in [2.05, 4.69) is 41.4 Å². The van der Waals surface area contributed by atoms with Crippen LogP contribution in [0.3, 0.4) is 0 Å². The highest BCUT2D eigenvalue weighted by atomic mass is 16.5. The Hall–Kier alpha value is -1.06. The molecule has 1 heterocycles. The molecule has 1 aromatic rings. The Morgan fingerprint density at radius 1 is 1.33 bits per heavy atom. The summed E-state index contributed by atoms with van der Waals surface area (Å²) in [6, 6.07) is 8.83. The molecule has 3 heteroatoms. The first-order valence-electron chi connectivity index (χ1n) is 6.70. The average molecular weight is 248 g/mol. The zero-order chi connectivity index (χ0) is 13.0. The van der Waals surface area contributed by atoms with Crippen LogP contribution in [0.5, 0.6) is 0 Å². The van der Waals surface area contributed by atoms with Crippen LogP contribution in [-0.2, 0) is 11.3 Å². The molecule has 0 saturated carbocycles. The summed E-state index contributed by atoms with van der Waals surface area (Å²) in [6.07, 6.45) is 2.35. The van der Waals surface area contributed by atoms with E-state index in [1.807, 2.05) is 14.2 Å². The molecule has 0 spiro atoms. The molecule has 1 unspecified atom stereocenters. The number of rotatable bonds is 4. The van der Waals surface area contributed by atoms with Gasteiger partial charge in [-0.05, 0) is 44.5 Å². The Labute approximate surface area is 110 Å². The SMILES string of the molecule is CNCc1ccc(N2CCCC(C)(OC)C2)cc1. The van der Waals surface area contributed by atoms with Crippen molar-refractivity contribution in [3.63, 3.8) is 0 Å². The fraction of sp³-hybridized carbons (Fsp3) is 0.600. The second-order valence-electron chi connectivity index (χ2n) is 5.38. The molecule has 2 rings (SSSR count). The van der Waals surface area contributed by atoms with Crippen LogP contribution in [0.25, 0.3) is 0 Å². The van der Waals surface area contributed by atoms with E-state index in [0.29, 0.717) is 0 Å². The minimum atomic E-state index is 0.00188. The van der Waals surface area contributed by atoms with E-state index in [9.17, 15) is 0 Å². The predicted molar refractivity (Wildman–Crippen MR) is 76.1 cm³/mol. The zero-order valence-electron chi connectivity index (χ0n) is 11.7. The molecular formula is C15H24N2O. The van der Waals surface area contributed by atoms with Gasteiger partial charge in [-0.1, -0.05) is 12.1 Å². The van der Waals surface area contributed by atoms with Crippen molar-refractivity contribution in [1.82, 2.24) is 5.32 Å². The van der Waals surface area contributed by atoms with Crippen LogP contribution in [0.4, 0.5) is 5.69 Å². The Balaban J connectivity index is 2.06. The Morgan fingerprint density at radius 2 is 2.06 bits per heavy atom. The van der Waals surface area contributed by atoms with Crippen LogP contribution < -0.4 is 10.2 Å². The molecule has 0 radical (unpaired) electrons. The van der Waals surface area contributed by atoms with Crippen LogP contribution in [0, 0.1) is 0 Å². The van der Waals surface area contributed by atoms with Crippen LogP contribution in [0.1, 0.15) is 25.3 Å². The van der Waals surface area contributed by atoms with Crippen molar-refractivity contribution in [2.45, 2.75) is 31.9 Å². The number of nitrogens with one attached hydrogen (secondary N) is 1. The molecule has 0 amide bonds. The standard InChI is InChI=1S/C15H24N2O/c1-15(18-3)9-4-10-17(12-15)14-7-5-13(6-8-14)11-16-2/h5-8,16H,4,9-12H2,1-3H3. The van der Waals surface area contributed by atoms with Crippen molar-refractivity contribution >= 4 is 5.69 Å². The van der Waals surface area contributed by atoms with Crippen molar-refractivity contribution in [3.8, 4) is 0 Å². The second-order valence-corrected chi connectivity index (χ2v) is 5.38. The molecule has 0 aliphatic carbocycles. The lowest BCUT2D eigenvalue weighted by molar-refractivity contribution is -0.00465. The molecular weight excluding hydrogens is 224 g/mol. The molecule has 1 fully saturated rings. The highest BCUT2D eigenvalue weighted by molar-refractivity contribution is 5.48. The van der Waals surface area contributed by atoms with E-state index in [-0.39, 0.29) is 5.60 Å². The first-order chi connectivity index (χ1) is 8.67. The van der Waals surface area contributed by atoms with Crippen LogP contribution >= 0.6 is 0 Å². The maximum atomic E-state index is 5.64. The van der Waals surface area contributed by atoms with Crippen molar-refractivity contribution < 1.29 is 4.74 Å². The lowest BCUT2D eigenvalue weighted by atomic mass is 9.94. The number of anilines is 1. The third kappa shape index (κ3) is 3.03. The summed E-state index contributed by atoms with van der Waals surface area (Å²) in [5.41, 5.74) is 2.63. The minimum Gasteiger partial charge on any atom is -0.377 e. The summed E-state index contributed by atoms with van der Waals surface area (Å²) in [5.74, 6) is 0. The number of hydrogen-bond donors (Lipinski definition) is 1. The van der Waals surface area contributed by atoms with Gasteiger partial charge in [0.2, 0.25) is 0 Å². The lowest BCUT2D eigenvalue weighted by Crippen LogP contribution is -2.47. The van der Waals surface area contributed by atoms with Crippen molar-refractivity contribution in [3.05, 3.63) is 29.8 Å². The molecule has 1 aliphatic rings. The van der Waals surface area contributed by atoms with Gasteiger partial charge in [-0.3, -0.25) is 0 Å². The molecule has 1 N–H and O–H groups in total. The van der Waals surface area contributed by atoms with E-state index in [0.717, 1.165) is 26.1 Å². The number of hydrogen-bond acceptors (Lipinski definition) is 3. The Bertz CT molecular complexity index is 377. The number of benzene rings is 1. The van der Waals surface area contributed by atoms with Gasteiger partial charge >= 0.3 is 0 Å². The summed E-state index contributed by atoms with van der Waals surface area (Å²) in [5, 5.41) is 3.17. The number of nitrogens with zero attached hydrogens (tertiary/aromatic N) is 1. The largest absolute Gasteiger partial charge is 0.377 e. The van der Waals surface area contributed by atoms with E-state index >= 15 is 0 Å². The summed E-state index contributed by atoms with van der Waals surface area (Å²) < 4.78 is 5.64. The van der Waals surface area contributed by atoms with Gasteiger partial charge in [-0.2, -0.15) is 0 Å². The second kappa shape index (κ2) is 5.72. The van der Waals surface area contributed by atoms with Crippen molar-refractivity contribution in [2.75, 3.05) is 32.1 Å². The maximum absolute atomic E-state index is 5.64. The Morgan fingerprint density at radius 3 is 2.67 bits per heavy atom. The summed E-state index contributed by atoms with van der Waals surface area (Å²) in [6.45, 7) is 5.24. The average Bonchev–Trinajstić information content (AvgIpc) is 2.40. The predicted octanol–water partition coefficient (Wildman–Crippen LogP) is 2.41. The van der Waals surface area contributed by atoms with Gasteiger partial charge in [0.05, 0.1) is 5.60 Å². The minimum absolute atomic E-state index is 0.00188. The molecule has 1 saturated heterocycles. The molecule has 0 bridgehead atoms. The van der Waals surface area contributed by atoms with Crippen molar-refractivity contribution in [2.24, 2.45) is 0 Å².